The fraction of sp³-hybridized carbons (Fsp3) is 0.923. The molecule has 1 aliphatic heterocycles. The summed E-state index contributed by atoms with van der Waals surface area (Å²) in [4.78, 5) is 13.2. The number of hydrogen-bond acceptors (Lipinski definition) is 2. The van der Waals surface area contributed by atoms with E-state index in [0.29, 0.717) is 6.04 Å². The smallest absolute Gasteiger partial charge is 0.317 e. The summed E-state index contributed by atoms with van der Waals surface area (Å²) in [5.41, 5.74) is 0. The molecule has 2 aliphatic rings. The van der Waals surface area contributed by atoms with Crippen LogP contribution >= 0.6 is 0 Å². The van der Waals surface area contributed by atoms with Crippen LogP contribution in [0.5, 0.6) is 0 Å². The fourth-order valence-electron chi connectivity index (χ4n) is 2.82. The van der Waals surface area contributed by atoms with Gasteiger partial charge in [0.05, 0.1) is 0 Å². The second-order valence-electron chi connectivity index (χ2n) is 5.48. The average Bonchev–Trinajstić information content (AvgIpc) is 2.59. The van der Waals surface area contributed by atoms with Crippen molar-refractivity contribution in [2.75, 3.05) is 26.2 Å². The number of carbonyl (C=O) groups excluding carboxylic acids is 1. The lowest BCUT2D eigenvalue weighted by Crippen LogP contribution is -2.38. The second kappa shape index (κ2) is 6.24. The van der Waals surface area contributed by atoms with Gasteiger partial charge in [-0.1, -0.05) is 19.8 Å². The molecule has 4 heteroatoms. The van der Waals surface area contributed by atoms with Gasteiger partial charge in [0.15, 0.2) is 0 Å². The average molecular weight is 239 g/mol. The lowest BCUT2D eigenvalue weighted by Gasteiger charge is -2.19. The first kappa shape index (κ1) is 12.7. The molecule has 0 aromatic rings. The van der Waals surface area contributed by atoms with E-state index in [1.807, 2.05) is 4.90 Å². The third-order valence-electron chi connectivity index (χ3n) is 4.02. The van der Waals surface area contributed by atoms with Crippen LogP contribution in [-0.2, 0) is 0 Å². The topological polar surface area (TPSA) is 44.4 Å². The van der Waals surface area contributed by atoms with E-state index >= 15 is 0 Å². The molecule has 2 atom stereocenters. The first-order valence-electron chi connectivity index (χ1n) is 7.02. The molecule has 2 fully saturated rings. The molecule has 1 saturated carbocycles. The summed E-state index contributed by atoms with van der Waals surface area (Å²) in [7, 11) is 0. The third-order valence-corrected chi connectivity index (χ3v) is 4.02. The Bertz CT molecular complexity index is 257. The van der Waals surface area contributed by atoms with E-state index < -0.39 is 0 Å². The summed E-state index contributed by atoms with van der Waals surface area (Å²) in [6.07, 6.45) is 6.68. The molecule has 2 rings (SSSR count). The summed E-state index contributed by atoms with van der Waals surface area (Å²) in [6, 6.07) is 0.770. The van der Waals surface area contributed by atoms with Crippen LogP contribution in [0.2, 0.25) is 0 Å². The molecule has 98 valence electrons. The van der Waals surface area contributed by atoms with E-state index in [1.54, 1.807) is 0 Å². The van der Waals surface area contributed by atoms with Crippen molar-refractivity contribution in [3.05, 3.63) is 0 Å². The lowest BCUT2D eigenvalue weighted by molar-refractivity contribution is 0.216. The highest BCUT2D eigenvalue weighted by Crippen LogP contribution is 2.22. The van der Waals surface area contributed by atoms with Crippen molar-refractivity contribution in [2.24, 2.45) is 5.92 Å². The number of carbonyl (C=O) groups is 1. The Kier molecular flexibility index (Phi) is 4.66. The molecule has 2 unspecified atom stereocenters. The molecule has 1 heterocycles. The van der Waals surface area contributed by atoms with Crippen LogP contribution in [0, 0.1) is 5.92 Å². The van der Waals surface area contributed by atoms with Crippen LogP contribution in [0.25, 0.3) is 0 Å². The SMILES string of the molecule is CC1CCCC(NCCN2CCNC2=O)CC1. The van der Waals surface area contributed by atoms with Gasteiger partial charge in [-0.15, -0.1) is 0 Å². The van der Waals surface area contributed by atoms with Crippen LogP contribution in [0.4, 0.5) is 4.79 Å². The molecule has 2 amide bonds. The molecular formula is C13H25N3O. The van der Waals surface area contributed by atoms with Gasteiger partial charge in [0.25, 0.3) is 0 Å². The van der Waals surface area contributed by atoms with E-state index in [1.165, 1.54) is 32.1 Å². The summed E-state index contributed by atoms with van der Waals surface area (Å²) < 4.78 is 0. The van der Waals surface area contributed by atoms with Gasteiger partial charge in [0, 0.05) is 32.2 Å². The fourth-order valence-corrected chi connectivity index (χ4v) is 2.82. The van der Waals surface area contributed by atoms with Gasteiger partial charge >= 0.3 is 6.03 Å². The minimum absolute atomic E-state index is 0.0984. The first-order chi connectivity index (χ1) is 8.25. The lowest BCUT2D eigenvalue weighted by atomic mass is 10.0. The maximum Gasteiger partial charge on any atom is 0.317 e. The highest BCUT2D eigenvalue weighted by molar-refractivity contribution is 5.76. The molecule has 0 aromatic carbocycles. The van der Waals surface area contributed by atoms with Gasteiger partial charge in [-0.2, -0.15) is 0 Å². The Morgan fingerprint density at radius 2 is 2.24 bits per heavy atom. The minimum Gasteiger partial charge on any atom is -0.336 e. The zero-order valence-corrected chi connectivity index (χ0v) is 10.9. The van der Waals surface area contributed by atoms with Gasteiger partial charge in [-0.25, -0.2) is 4.79 Å². The van der Waals surface area contributed by atoms with Crippen LogP contribution in [0.15, 0.2) is 0 Å². The van der Waals surface area contributed by atoms with Crippen molar-refractivity contribution in [3.8, 4) is 0 Å². The molecule has 0 aromatic heterocycles. The molecular weight excluding hydrogens is 214 g/mol. The zero-order chi connectivity index (χ0) is 12.1. The third kappa shape index (κ3) is 3.87. The summed E-state index contributed by atoms with van der Waals surface area (Å²) in [5, 5.41) is 6.44. The van der Waals surface area contributed by atoms with E-state index in [9.17, 15) is 4.79 Å². The molecule has 1 saturated heterocycles. The molecule has 17 heavy (non-hydrogen) atoms. The van der Waals surface area contributed by atoms with E-state index in [4.69, 9.17) is 0 Å². The van der Waals surface area contributed by atoms with Crippen molar-refractivity contribution in [1.82, 2.24) is 15.5 Å². The van der Waals surface area contributed by atoms with Crippen LogP contribution in [-0.4, -0.2) is 43.2 Å². The summed E-state index contributed by atoms with van der Waals surface area (Å²) in [5.74, 6) is 0.895. The van der Waals surface area contributed by atoms with Crippen molar-refractivity contribution in [2.45, 2.75) is 45.1 Å². The Morgan fingerprint density at radius 1 is 1.35 bits per heavy atom. The Hall–Kier alpha value is -0.770. The van der Waals surface area contributed by atoms with Gasteiger partial charge in [-0.05, 0) is 25.2 Å². The molecule has 2 N–H and O–H groups in total. The van der Waals surface area contributed by atoms with E-state index in [-0.39, 0.29) is 6.03 Å². The molecule has 0 bridgehead atoms. The number of nitrogens with one attached hydrogen (secondary N) is 2. The van der Waals surface area contributed by atoms with E-state index in [2.05, 4.69) is 17.6 Å². The van der Waals surface area contributed by atoms with Crippen molar-refractivity contribution in [1.29, 1.82) is 0 Å². The normalized spacial score (nSPS) is 30.2. The van der Waals surface area contributed by atoms with Crippen molar-refractivity contribution >= 4 is 6.03 Å². The second-order valence-corrected chi connectivity index (χ2v) is 5.48. The summed E-state index contributed by atoms with van der Waals surface area (Å²) >= 11 is 0. The molecule has 0 radical (unpaired) electrons. The predicted octanol–water partition coefficient (Wildman–Crippen LogP) is 1.57. The standard InChI is InChI=1S/C13H25N3O/c1-11-3-2-4-12(6-5-11)14-7-9-16-10-8-15-13(16)17/h11-12,14H,2-10H2,1H3,(H,15,17). The van der Waals surface area contributed by atoms with E-state index in [0.717, 1.165) is 32.1 Å². The van der Waals surface area contributed by atoms with Gasteiger partial charge < -0.3 is 15.5 Å². The van der Waals surface area contributed by atoms with Crippen molar-refractivity contribution < 1.29 is 4.79 Å². The quantitative estimate of drug-likeness (QED) is 0.731. The van der Waals surface area contributed by atoms with Gasteiger partial charge in [0.2, 0.25) is 0 Å². The molecule has 0 spiro atoms. The van der Waals surface area contributed by atoms with Crippen LogP contribution in [0.3, 0.4) is 0 Å². The first-order valence-corrected chi connectivity index (χ1v) is 7.02. The number of hydrogen-bond donors (Lipinski definition) is 2. The maximum atomic E-state index is 11.3. The van der Waals surface area contributed by atoms with Crippen molar-refractivity contribution in [3.63, 3.8) is 0 Å². The van der Waals surface area contributed by atoms with Gasteiger partial charge in [0.1, 0.15) is 0 Å². The van der Waals surface area contributed by atoms with Gasteiger partial charge in [-0.3, -0.25) is 0 Å². The maximum absolute atomic E-state index is 11.3. The number of rotatable bonds is 4. The number of amides is 2. The Morgan fingerprint density at radius 3 is 3.00 bits per heavy atom. The number of nitrogens with zero attached hydrogens (tertiary/aromatic N) is 1. The molecule has 4 nitrogen and oxygen atoms in total. The predicted molar refractivity (Wildman–Crippen MR) is 69.0 cm³/mol. The van der Waals surface area contributed by atoms with Crippen LogP contribution in [0.1, 0.15) is 39.0 Å². The molecule has 1 aliphatic carbocycles. The summed E-state index contributed by atoms with van der Waals surface area (Å²) in [6.45, 7) is 5.81. The Labute approximate surface area is 104 Å². The number of urea groups is 1. The Balaban J connectivity index is 1.62. The largest absolute Gasteiger partial charge is 0.336 e. The highest BCUT2D eigenvalue weighted by Gasteiger charge is 2.19. The minimum atomic E-state index is 0.0984. The highest BCUT2D eigenvalue weighted by atomic mass is 16.2. The monoisotopic (exact) mass is 239 g/mol. The van der Waals surface area contributed by atoms with Crippen LogP contribution < -0.4 is 10.6 Å². The zero-order valence-electron chi connectivity index (χ0n) is 10.9.